The second-order valence-electron chi connectivity index (χ2n) is 7.73. The molecule has 4 atom stereocenters. The van der Waals surface area contributed by atoms with E-state index in [1.54, 1.807) is 18.3 Å². The number of aromatic nitrogens is 1. The van der Waals surface area contributed by atoms with E-state index in [0.29, 0.717) is 5.56 Å². The molecule has 35 heavy (non-hydrogen) atoms. The fraction of sp³-hybridized carbons (Fsp3) is 0.381. The van der Waals surface area contributed by atoms with Gasteiger partial charge in [-0.15, -0.1) is 0 Å². The fourth-order valence-corrected chi connectivity index (χ4v) is 3.48. The van der Waals surface area contributed by atoms with Crippen molar-refractivity contribution in [3.05, 3.63) is 36.0 Å². The summed E-state index contributed by atoms with van der Waals surface area (Å²) in [6, 6.07) is 1.77. The van der Waals surface area contributed by atoms with Gasteiger partial charge in [-0.05, 0) is 11.6 Å². The first-order chi connectivity index (χ1) is 16.6. The average molecular weight is 509 g/mol. The number of amides is 4. The Morgan fingerprint density at radius 1 is 0.971 bits per heavy atom. The number of nitrogens with one attached hydrogen (secondary N) is 4. The number of aliphatic hydroxyl groups is 1. The molecule has 2 rings (SSSR count). The van der Waals surface area contributed by atoms with Crippen molar-refractivity contribution in [2.75, 3.05) is 12.4 Å². The highest BCUT2D eigenvalue weighted by atomic mass is 32.1. The lowest BCUT2D eigenvalue weighted by molar-refractivity contribution is -0.141. The number of primary amides is 1. The summed E-state index contributed by atoms with van der Waals surface area (Å²) < 4.78 is 0. The molecular formula is C21H28N6O7S. The van der Waals surface area contributed by atoms with Crippen molar-refractivity contribution in [1.82, 2.24) is 20.9 Å². The lowest BCUT2D eigenvalue weighted by atomic mass is 10.0. The summed E-state index contributed by atoms with van der Waals surface area (Å²) in [6.07, 6.45) is 0.993. The number of benzene rings is 1. The molecule has 0 aliphatic heterocycles. The number of carbonyl (C=O) groups is 5. The van der Waals surface area contributed by atoms with Crippen molar-refractivity contribution in [2.45, 2.75) is 37.0 Å². The molecule has 190 valence electrons. The minimum absolute atomic E-state index is 0.0477. The van der Waals surface area contributed by atoms with Crippen molar-refractivity contribution >= 4 is 53.1 Å². The molecule has 0 saturated carbocycles. The van der Waals surface area contributed by atoms with Crippen LogP contribution in [-0.2, 0) is 30.4 Å². The molecule has 10 N–H and O–H groups in total. The summed E-state index contributed by atoms with van der Waals surface area (Å²) in [5.41, 5.74) is 12.1. The van der Waals surface area contributed by atoms with Crippen LogP contribution in [0.15, 0.2) is 30.5 Å². The van der Waals surface area contributed by atoms with Crippen LogP contribution in [0.25, 0.3) is 10.9 Å². The fourth-order valence-electron chi connectivity index (χ4n) is 3.23. The number of hydrogen-bond acceptors (Lipinski definition) is 8. The van der Waals surface area contributed by atoms with Crippen molar-refractivity contribution in [3.8, 4) is 0 Å². The molecule has 2 aromatic rings. The van der Waals surface area contributed by atoms with E-state index < -0.39 is 66.8 Å². The second-order valence-corrected chi connectivity index (χ2v) is 8.09. The second kappa shape index (κ2) is 12.7. The number of aromatic amines is 1. The first-order valence-corrected chi connectivity index (χ1v) is 11.1. The first-order valence-electron chi connectivity index (χ1n) is 10.5. The number of rotatable bonds is 13. The average Bonchev–Trinajstić information content (AvgIpc) is 3.23. The van der Waals surface area contributed by atoms with E-state index in [-0.39, 0.29) is 12.2 Å². The summed E-state index contributed by atoms with van der Waals surface area (Å²) in [7, 11) is 0. The maximum absolute atomic E-state index is 13.0. The number of hydrogen-bond donors (Lipinski definition) is 9. The maximum Gasteiger partial charge on any atom is 0.327 e. The topological polar surface area (TPSA) is 230 Å². The number of nitrogens with two attached hydrogens (primary N) is 2. The quantitative estimate of drug-likeness (QED) is 0.130. The van der Waals surface area contributed by atoms with Gasteiger partial charge >= 0.3 is 5.97 Å². The standard InChI is InChI=1S/C21H28N6O7S/c22-12(8-28)18(30)25-15(6-17(23)29)20(32)26-14(19(31)27-16(9-35)21(33)34)5-10-7-24-13-4-2-1-3-11(10)13/h1-4,7,12,14-16,24,28,35H,5-6,8-9,22H2,(H2,23,29)(H,25,30)(H,26,32)(H,27,31)(H,33,34). The van der Waals surface area contributed by atoms with Crippen LogP contribution < -0.4 is 27.4 Å². The predicted molar refractivity (Wildman–Crippen MR) is 128 cm³/mol. The SMILES string of the molecule is NC(=O)CC(NC(=O)C(N)CO)C(=O)NC(Cc1c[nH]c2ccccc12)C(=O)NC(CS)C(=O)O. The molecule has 14 heteroatoms. The number of aliphatic hydroxyl groups excluding tert-OH is 1. The van der Waals surface area contributed by atoms with E-state index in [9.17, 15) is 29.1 Å². The van der Waals surface area contributed by atoms with Crippen molar-refractivity contribution in [3.63, 3.8) is 0 Å². The summed E-state index contributed by atoms with van der Waals surface area (Å²) >= 11 is 3.92. The molecule has 0 fully saturated rings. The van der Waals surface area contributed by atoms with Gasteiger partial charge in [0.15, 0.2) is 0 Å². The van der Waals surface area contributed by atoms with Gasteiger partial charge in [-0.25, -0.2) is 4.79 Å². The molecule has 1 heterocycles. The highest BCUT2D eigenvalue weighted by Gasteiger charge is 2.31. The number of para-hydroxylation sites is 1. The number of H-pyrrole nitrogens is 1. The molecule has 13 nitrogen and oxygen atoms in total. The zero-order valence-corrected chi connectivity index (χ0v) is 19.5. The van der Waals surface area contributed by atoms with Crippen LogP contribution in [0.4, 0.5) is 0 Å². The Hall–Kier alpha value is -3.62. The lowest BCUT2D eigenvalue weighted by Gasteiger charge is -2.24. The third kappa shape index (κ3) is 7.70. The Balaban J connectivity index is 2.31. The van der Waals surface area contributed by atoms with Crippen LogP contribution in [0.1, 0.15) is 12.0 Å². The maximum atomic E-state index is 13.0. The Morgan fingerprint density at radius 2 is 1.57 bits per heavy atom. The van der Waals surface area contributed by atoms with Crippen molar-refractivity contribution in [1.29, 1.82) is 0 Å². The molecule has 0 radical (unpaired) electrons. The number of thiol groups is 1. The van der Waals surface area contributed by atoms with E-state index in [4.69, 9.17) is 16.6 Å². The zero-order valence-electron chi connectivity index (χ0n) is 18.6. The summed E-state index contributed by atoms with van der Waals surface area (Å²) in [5, 5.41) is 26.1. The third-order valence-corrected chi connectivity index (χ3v) is 5.47. The van der Waals surface area contributed by atoms with Crippen LogP contribution >= 0.6 is 12.6 Å². The molecular weight excluding hydrogens is 480 g/mol. The number of aliphatic carboxylic acids is 1. The van der Waals surface area contributed by atoms with Crippen LogP contribution in [0.2, 0.25) is 0 Å². The molecule has 0 spiro atoms. The normalized spacial score (nSPS) is 14.4. The van der Waals surface area contributed by atoms with Gasteiger partial charge in [-0.3, -0.25) is 19.2 Å². The van der Waals surface area contributed by atoms with Gasteiger partial charge in [0.2, 0.25) is 23.6 Å². The van der Waals surface area contributed by atoms with E-state index >= 15 is 0 Å². The van der Waals surface area contributed by atoms with Gasteiger partial charge in [0.25, 0.3) is 0 Å². The molecule has 4 unspecified atom stereocenters. The summed E-state index contributed by atoms with van der Waals surface area (Å²) in [5.74, 6) is -5.09. The van der Waals surface area contributed by atoms with Gasteiger partial charge in [0, 0.05) is 29.3 Å². The first kappa shape index (κ1) is 27.6. The van der Waals surface area contributed by atoms with Crippen LogP contribution in [0.5, 0.6) is 0 Å². The molecule has 0 aliphatic rings. The van der Waals surface area contributed by atoms with Crippen LogP contribution in [0.3, 0.4) is 0 Å². The number of carboxylic acid groups (broad SMARTS) is 1. The highest BCUT2D eigenvalue weighted by molar-refractivity contribution is 7.80. The van der Waals surface area contributed by atoms with Gasteiger partial charge in [0.05, 0.1) is 13.0 Å². The Bertz CT molecular complexity index is 1090. The van der Waals surface area contributed by atoms with Crippen LogP contribution in [-0.4, -0.2) is 81.3 Å². The molecule has 1 aromatic heterocycles. The van der Waals surface area contributed by atoms with E-state index in [2.05, 4.69) is 33.6 Å². The predicted octanol–water partition coefficient (Wildman–Crippen LogP) is -2.63. The van der Waals surface area contributed by atoms with Gasteiger partial charge in [-0.1, -0.05) is 18.2 Å². The highest BCUT2D eigenvalue weighted by Crippen LogP contribution is 2.19. The third-order valence-electron chi connectivity index (χ3n) is 5.10. The summed E-state index contributed by atoms with van der Waals surface area (Å²) in [6.45, 7) is -0.706. The smallest absolute Gasteiger partial charge is 0.327 e. The van der Waals surface area contributed by atoms with E-state index in [1.807, 2.05) is 12.1 Å². The summed E-state index contributed by atoms with van der Waals surface area (Å²) in [4.78, 5) is 63.9. The minimum Gasteiger partial charge on any atom is -0.480 e. The number of fused-ring (bicyclic) bond motifs is 1. The van der Waals surface area contributed by atoms with Gasteiger partial charge < -0.3 is 42.6 Å². The molecule has 4 amide bonds. The van der Waals surface area contributed by atoms with Gasteiger partial charge in [0.1, 0.15) is 24.2 Å². The lowest BCUT2D eigenvalue weighted by Crippen LogP contribution is -2.58. The molecule has 0 saturated heterocycles. The molecule has 0 aliphatic carbocycles. The molecule has 0 bridgehead atoms. The van der Waals surface area contributed by atoms with Crippen molar-refractivity contribution in [2.24, 2.45) is 11.5 Å². The Morgan fingerprint density at radius 3 is 2.17 bits per heavy atom. The van der Waals surface area contributed by atoms with Gasteiger partial charge in [-0.2, -0.15) is 12.6 Å². The monoisotopic (exact) mass is 508 g/mol. The number of carboxylic acids is 1. The Labute approximate surface area is 205 Å². The van der Waals surface area contributed by atoms with E-state index in [0.717, 1.165) is 10.9 Å². The number of carbonyl (C=O) groups excluding carboxylic acids is 4. The zero-order chi connectivity index (χ0) is 26.1. The van der Waals surface area contributed by atoms with E-state index in [1.165, 1.54) is 0 Å². The minimum atomic E-state index is -1.49. The largest absolute Gasteiger partial charge is 0.480 e. The Kier molecular flexibility index (Phi) is 10.1. The molecule has 1 aromatic carbocycles. The van der Waals surface area contributed by atoms with Crippen LogP contribution in [0, 0.1) is 0 Å². The van der Waals surface area contributed by atoms with Crippen molar-refractivity contribution < 1.29 is 34.2 Å².